The fraction of sp³-hybridized carbons (Fsp3) is 0.495. The molecule has 0 amide bonds. The summed E-state index contributed by atoms with van der Waals surface area (Å²) >= 11 is 9.21. The largest absolute Gasteiger partial charge is 0.507 e. The summed E-state index contributed by atoms with van der Waals surface area (Å²) in [5, 5.41) is 26.9. The number of alkyl halides is 2. The first kappa shape index (κ1) is 109. The first-order valence-electron chi connectivity index (χ1n) is 40.5. The molecule has 0 radical (unpaired) electrons. The molecule has 114 heavy (non-hydrogen) atoms. The number of phenols is 2. The molecule has 0 heterocycles. The number of rotatable bonds is 11. The fourth-order valence-electron chi connectivity index (χ4n) is 12.8. The number of ketones is 3. The number of carbonyl (C=O) groups excluding carboxylic acids is 3. The molecule has 634 valence electrons. The average Bonchev–Trinajstić information content (AvgIpc) is 1.44. The molecule has 7 aromatic rings. The number of benzene rings is 7. The normalized spacial score (nSPS) is 16.0. The number of hydrogen-bond donors (Lipinski definition) is 3. The van der Waals surface area contributed by atoms with Crippen molar-refractivity contribution >= 4 is 71.1 Å². The molecule has 0 spiro atoms. The van der Waals surface area contributed by atoms with Crippen molar-refractivity contribution in [3.05, 3.63) is 227 Å². The van der Waals surface area contributed by atoms with Crippen LogP contribution in [-0.4, -0.2) is 83.3 Å². The quantitative estimate of drug-likeness (QED) is 0.105. The van der Waals surface area contributed by atoms with Gasteiger partial charge < -0.3 is 39.0 Å². The lowest BCUT2D eigenvalue weighted by Crippen LogP contribution is -2.10. The molecule has 12 rings (SSSR count). The number of aromatic hydroxyl groups is 2. The second-order valence-corrected chi connectivity index (χ2v) is 30.9. The maximum atomic E-state index is 10.5. The number of hydrogen-bond acceptors (Lipinski definition) is 11. The summed E-state index contributed by atoms with van der Waals surface area (Å²) in [5.41, 5.74) is 16.6. The SMILES string of the molecule is CBr.CBr.CC1=CC(=O)CC1.CC1CCC(=O)C1.CC1CCC(C)C1.CC1CCC(C)C1.CCOc1c(C)cccc1C.CCOc1c(C)cccc1C.CCOc1c(C)cccc1C.CCOc1c(C)cccc1C.Cc1cc(Br)cc(C)c1O.Cc1cccc(C)c1O.Cc1cccc(C)c1OCC(=O)O.O=C1C=CCC1. The molecule has 0 aromatic heterocycles. The van der Waals surface area contributed by atoms with E-state index in [1.807, 2.05) is 167 Å². The first-order valence-corrected chi connectivity index (χ1v) is 44.5. The lowest BCUT2D eigenvalue weighted by Gasteiger charge is -2.09. The predicted octanol–water partition coefficient (Wildman–Crippen LogP) is 27.8. The molecule has 0 saturated heterocycles. The third-order valence-electron chi connectivity index (χ3n) is 18.9. The zero-order chi connectivity index (χ0) is 87.0. The molecule has 5 unspecified atom stereocenters. The second kappa shape index (κ2) is 63.7. The van der Waals surface area contributed by atoms with Crippen molar-refractivity contribution in [3.63, 3.8) is 0 Å². The minimum Gasteiger partial charge on any atom is -0.507 e. The number of allylic oxidation sites excluding steroid dienone is 4. The number of ether oxygens (including phenoxy) is 5. The predicted molar refractivity (Wildman–Crippen MR) is 494 cm³/mol. The first-order chi connectivity index (χ1) is 54.0. The Morgan fingerprint density at radius 3 is 0.816 bits per heavy atom. The van der Waals surface area contributed by atoms with Crippen molar-refractivity contribution in [2.75, 3.05) is 44.7 Å². The van der Waals surface area contributed by atoms with Crippen LogP contribution in [0.15, 0.2) is 150 Å². The van der Waals surface area contributed by atoms with Gasteiger partial charge in [0.1, 0.15) is 46.0 Å². The second-order valence-electron chi connectivity index (χ2n) is 29.9. The Morgan fingerprint density at radius 2 is 0.658 bits per heavy atom. The smallest absolute Gasteiger partial charge is 0.341 e. The molecule has 3 fully saturated rings. The van der Waals surface area contributed by atoms with Gasteiger partial charge in [-0.2, -0.15) is 0 Å². The van der Waals surface area contributed by atoms with Crippen LogP contribution in [0.1, 0.15) is 231 Å². The lowest BCUT2D eigenvalue weighted by atomic mass is 10.1. The van der Waals surface area contributed by atoms with Gasteiger partial charge in [0.15, 0.2) is 18.2 Å². The van der Waals surface area contributed by atoms with Crippen LogP contribution in [0.4, 0.5) is 0 Å². The standard InChI is InChI=1S/C10H12O3.4C10H14O.C8H9BrO.C8H10O.2C7H14.C6H10O.C6H8O.C5H6O.2CH3Br/c1-7-4-3-5-8(2)10(7)13-6-9(11)12;4*1-4-11-10-8(2)6-5-7-9(10)3;1-5-3-7(9)4-6(2)8(5)10;1-6-4-3-5-7(2)8(6)9;2*1-6-3-4-7(2)5-6;2*1-5-2-3-6(7)4-5;6-5-3-1-2-4-5;2*1-2/h3-5H,6H2,1-2H3,(H,11,12);4*5-7H,4H2,1-3H3;3-4,10H,1-2H3;3-5,9H,1-2H3;2*6-7H,3-5H2,1-2H3;5H,2-4H2,1H3;4H,2-3H2,1H3;1,3H,2,4H2;2*1H3. The van der Waals surface area contributed by atoms with Crippen molar-refractivity contribution in [1.29, 1.82) is 0 Å². The zero-order valence-electron chi connectivity index (χ0n) is 74.5. The number of phenolic OH excluding ortho intramolecular Hbond substituents is 2. The van der Waals surface area contributed by atoms with E-state index in [1.165, 1.54) is 88.6 Å². The topological polar surface area (TPSA) is 175 Å². The van der Waals surface area contributed by atoms with Crippen molar-refractivity contribution in [3.8, 4) is 40.2 Å². The van der Waals surface area contributed by atoms with Gasteiger partial charge in [-0.05, 0) is 307 Å². The van der Waals surface area contributed by atoms with E-state index in [-0.39, 0.29) is 18.2 Å². The van der Waals surface area contributed by atoms with Crippen LogP contribution >= 0.6 is 47.8 Å². The van der Waals surface area contributed by atoms with Gasteiger partial charge in [0.2, 0.25) is 0 Å². The maximum Gasteiger partial charge on any atom is 0.341 e. The van der Waals surface area contributed by atoms with Gasteiger partial charge >= 0.3 is 5.97 Å². The number of carboxylic acids is 1. The van der Waals surface area contributed by atoms with Crippen molar-refractivity contribution in [2.45, 2.75) is 250 Å². The van der Waals surface area contributed by atoms with Crippen LogP contribution < -0.4 is 23.7 Å². The monoisotopic (exact) mass is 1760 g/mol. The van der Waals surface area contributed by atoms with Gasteiger partial charge in [-0.25, -0.2) is 4.79 Å². The van der Waals surface area contributed by atoms with E-state index in [4.69, 9.17) is 28.8 Å². The Balaban J connectivity index is 0. The highest BCUT2D eigenvalue weighted by Gasteiger charge is 2.18. The highest BCUT2D eigenvalue weighted by Crippen LogP contribution is 2.32. The van der Waals surface area contributed by atoms with Gasteiger partial charge in [0.25, 0.3) is 0 Å². The van der Waals surface area contributed by atoms with Crippen LogP contribution in [-0.2, 0) is 19.2 Å². The number of Topliss-reactive ketones (excluding diaryl/α,β-unsaturated/α-hetero) is 1. The molecule has 5 aliphatic carbocycles. The van der Waals surface area contributed by atoms with E-state index in [1.54, 1.807) is 12.2 Å². The van der Waals surface area contributed by atoms with Crippen LogP contribution in [0.25, 0.3) is 0 Å². The molecular weight excluding hydrogens is 1620 g/mol. The molecule has 3 N–H and O–H groups in total. The molecule has 7 aromatic carbocycles. The Morgan fingerprint density at radius 1 is 0.377 bits per heavy atom. The summed E-state index contributed by atoms with van der Waals surface area (Å²) in [6.07, 6.45) is 20.3. The molecule has 5 aliphatic rings. The summed E-state index contributed by atoms with van der Waals surface area (Å²) in [4.78, 5) is 41.3. The third kappa shape index (κ3) is 48.2. The van der Waals surface area contributed by atoms with Gasteiger partial charge in [0.05, 0.1) is 26.4 Å². The third-order valence-corrected chi connectivity index (χ3v) is 19.3. The van der Waals surface area contributed by atoms with Gasteiger partial charge in [-0.3, -0.25) is 14.4 Å². The van der Waals surface area contributed by atoms with E-state index in [0.29, 0.717) is 28.9 Å². The minimum absolute atomic E-state index is 0.273. The van der Waals surface area contributed by atoms with E-state index >= 15 is 0 Å². The molecule has 3 saturated carbocycles. The van der Waals surface area contributed by atoms with E-state index < -0.39 is 5.97 Å². The van der Waals surface area contributed by atoms with Crippen LogP contribution in [0.3, 0.4) is 0 Å². The van der Waals surface area contributed by atoms with Crippen LogP contribution in [0.5, 0.6) is 40.2 Å². The number of aryl methyl sites for hydroxylation is 14. The summed E-state index contributed by atoms with van der Waals surface area (Å²) in [6.45, 7) is 52.1. The van der Waals surface area contributed by atoms with Gasteiger partial charge in [0, 0.05) is 30.2 Å². The molecule has 0 aliphatic heterocycles. The van der Waals surface area contributed by atoms with E-state index in [2.05, 4.69) is 186 Å². The highest BCUT2D eigenvalue weighted by atomic mass is 79.9. The van der Waals surface area contributed by atoms with Gasteiger partial charge in [-0.1, -0.05) is 229 Å². The summed E-state index contributed by atoms with van der Waals surface area (Å²) < 4.78 is 28.0. The fourth-order valence-corrected chi connectivity index (χ4v) is 13.5. The number of carboxylic acid groups (broad SMARTS) is 1. The average molecular weight is 1770 g/mol. The Bertz CT molecular complexity index is 3540. The Kier molecular flexibility index (Phi) is 60.7. The molecular formula is C99H145Br3O12. The number of halogens is 3. The van der Waals surface area contributed by atoms with Gasteiger partial charge in [-0.15, -0.1) is 0 Å². The van der Waals surface area contributed by atoms with E-state index in [9.17, 15) is 29.4 Å². The number of carbonyl (C=O) groups is 4. The molecule has 12 nitrogen and oxygen atoms in total. The number of aliphatic carboxylic acids is 1. The lowest BCUT2D eigenvalue weighted by molar-refractivity contribution is -0.139. The Hall–Kier alpha value is -7.46. The maximum absolute atomic E-state index is 10.5. The van der Waals surface area contributed by atoms with Crippen LogP contribution in [0.2, 0.25) is 0 Å². The molecule has 15 heteroatoms. The zero-order valence-corrected chi connectivity index (χ0v) is 79.3. The van der Waals surface area contributed by atoms with Crippen molar-refractivity contribution in [2.24, 2.45) is 29.6 Å². The van der Waals surface area contributed by atoms with Crippen molar-refractivity contribution in [1.82, 2.24) is 0 Å². The highest BCUT2D eigenvalue weighted by molar-refractivity contribution is 9.10. The molecule has 5 atom stereocenters. The summed E-state index contributed by atoms with van der Waals surface area (Å²) in [6, 6.07) is 39.9. The summed E-state index contributed by atoms with van der Waals surface area (Å²) in [7, 11) is 0. The Labute approximate surface area is 715 Å². The molecule has 0 bridgehead atoms. The summed E-state index contributed by atoms with van der Waals surface area (Å²) in [5.74, 6) is 14.1. The van der Waals surface area contributed by atoms with E-state index in [0.717, 1.165) is 156 Å². The minimum atomic E-state index is -0.956. The van der Waals surface area contributed by atoms with Crippen LogP contribution in [0, 0.1) is 127 Å². The van der Waals surface area contributed by atoms with Crippen molar-refractivity contribution < 1.29 is 58.2 Å². The number of para-hydroxylation sites is 6.